The Hall–Kier alpha value is -3.69. The molecule has 2 aliphatic rings. The lowest BCUT2D eigenvalue weighted by Crippen LogP contribution is -2.54. The van der Waals surface area contributed by atoms with Crippen LogP contribution < -0.4 is 5.73 Å². The number of carboxylic acid groups (broad SMARTS) is 1. The summed E-state index contributed by atoms with van der Waals surface area (Å²) in [5.41, 5.74) is 8.16. The van der Waals surface area contributed by atoms with Gasteiger partial charge in [0.1, 0.15) is 5.41 Å². The number of rotatable bonds is 8. The number of amides is 1. The van der Waals surface area contributed by atoms with Gasteiger partial charge in [0.2, 0.25) is 5.91 Å². The molecule has 0 spiro atoms. The Bertz CT molecular complexity index is 1320. The van der Waals surface area contributed by atoms with Crippen molar-refractivity contribution in [1.82, 2.24) is 9.80 Å². The summed E-state index contributed by atoms with van der Waals surface area (Å²) >= 11 is 0. The molecule has 1 aliphatic heterocycles. The van der Waals surface area contributed by atoms with Gasteiger partial charge in [-0.3, -0.25) is 14.5 Å². The average molecular weight is 582 g/mol. The standard InChI is InChI=1S/C31H34N2O3.C2H4F3N/c1-23-22-33(29(34)21-24-11-3-2-4-12-24)20-19-32(23)18-10-9-17-31(30(35)36)27-15-7-5-13-25(27)26-14-6-8-16-28(26)31;3-2(4,5)1-6/h2-8,11-16,23H,9-10,17-22H2,1H3,(H,35,36);1,6H2/t23-;/m0./s1. The van der Waals surface area contributed by atoms with E-state index in [1.807, 2.05) is 83.8 Å². The van der Waals surface area contributed by atoms with Crippen molar-refractivity contribution >= 4 is 11.9 Å². The number of carbonyl (C=O) groups excluding carboxylic acids is 1. The van der Waals surface area contributed by atoms with Crippen molar-refractivity contribution in [2.45, 2.75) is 50.2 Å². The molecule has 224 valence electrons. The van der Waals surface area contributed by atoms with Gasteiger partial charge in [0.15, 0.2) is 0 Å². The molecule has 3 aromatic rings. The van der Waals surface area contributed by atoms with Crippen LogP contribution in [0.3, 0.4) is 0 Å². The Kier molecular flexibility index (Phi) is 10.1. The van der Waals surface area contributed by atoms with Crippen LogP contribution in [0.1, 0.15) is 42.9 Å². The topological polar surface area (TPSA) is 86.9 Å². The van der Waals surface area contributed by atoms with Gasteiger partial charge >= 0.3 is 12.1 Å². The maximum atomic E-state index is 12.8. The first kappa shape index (κ1) is 31.3. The van der Waals surface area contributed by atoms with E-state index in [9.17, 15) is 27.9 Å². The molecule has 1 atom stereocenters. The smallest absolute Gasteiger partial charge is 0.400 e. The molecule has 1 saturated heterocycles. The minimum absolute atomic E-state index is 0.190. The fourth-order valence-electron chi connectivity index (χ4n) is 6.07. The largest absolute Gasteiger partial charge is 0.480 e. The molecule has 0 aromatic heterocycles. The molecule has 1 amide bonds. The van der Waals surface area contributed by atoms with Gasteiger partial charge in [0, 0.05) is 25.7 Å². The number of benzene rings is 3. The van der Waals surface area contributed by atoms with Gasteiger partial charge in [-0.2, -0.15) is 13.2 Å². The SMILES string of the molecule is C[C@H]1CN(C(=O)Cc2ccccc2)CCN1CCCCC1(C(=O)O)c2ccccc2-c2ccccc21.NCC(F)(F)F. The Labute approximate surface area is 244 Å². The van der Waals surface area contributed by atoms with E-state index in [0.29, 0.717) is 18.9 Å². The van der Waals surface area contributed by atoms with Crippen LogP contribution in [0, 0.1) is 0 Å². The number of nitrogens with two attached hydrogens (primary N) is 1. The number of hydrogen-bond acceptors (Lipinski definition) is 4. The van der Waals surface area contributed by atoms with Crippen molar-refractivity contribution in [1.29, 1.82) is 0 Å². The molecule has 6 nitrogen and oxygen atoms in total. The highest BCUT2D eigenvalue weighted by atomic mass is 19.4. The van der Waals surface area contributed by atoms with Crippen LogP contribution in [0.25, 0.3) is 11.1 Å². The lowest BCUT2D eigenvalue weighted by molar-refractivity contribution is -0.142. The first-order valence-electron chi connectivity index (χ1n) is 14.3. The number of carboxylic acids is 1. The second kappa shape index (κ2) is 13.5. The Morgan fingerprint density at radius 1 is 0.905 bits per heavy atom. The molecule has 0 radical (unpaired) electrons. The van der Waals surface area contributed by atoms with E-state index in [1.54, 1.807) is 0 Å². The molecular weight excluding hydrogens is 543 g/mol. The summed E-state index contributed by atoms with van der Waals surface area (Å²) in [5.74, 6) is -0.575. The van der Waals surface area contributed by atoms with Crippen LogP contribution in [0.5, 0.6) is 0 Å². The summed E-state index contributed by atoms with van der Waals surface area (Å²) in [6.07, 6.45) is -1.38. The van der Waals surface area contributed by atoms with Crippen LogP contribution in [-0.2, 0) is 21.4 Å². The van der Waals surface area contributed by atoms with Crippen molar-refractivity contribution in [3.63, 3.8) is 0 Å². The monoisotopic (exact) mass is 581 g/mol. The highest BCUT2D eigenvalue weighted by molar-refractivity contribution is 5.97. The molecule has 3 N–H and O–H groups in total. The Balaban J connectivity index is 0.000000612. The molecule has 1 heterocycles. The molecule has 0 unspecified atom stereocenters. The third-order valence-electron chi connectivity index (χ3n) is 8.22. The lowest BCUT2D eigenvalue weighted by Gasteiger charge is -2.40. The molecular formula is C33H38F3N3O3. The molecule has 0 bridgehead atoms. The fraction of sp³-hybridized carbons (Fsp3) is 0.394. The zero-order valence-electron chi connectivity index (χ0n) is 23.8. The predicted octanol–water partition coefficient (Wildman–Crippen LogP) is 5.49. The minimum atomic E-state index is -4.18. The van der Waals surface area contributed by atoms with Crippen LogP contribution >= 0.6 is 0 Å². The molecule has 42 heavy (non-hydrogen) atoms. The first-order valence-corrected chi connectivity index (χ1v) is 14.3. The summed E-state index contributed by atoms with van der Waals surface area (Å²) in [6.45, 7) is 4.22. The number of fused-ring (bicyclic) bond motifs is 3. The molecule has 1 aliphatic carbocycles. The predicted molar refractivity (Wildman–Crippen MR) is 157 cm³/mol. The molecule has 3 aromatic carbocycles. The number of hydrogen-bond donors (Lipinski definition) is 2. The van der Waals surface area contributed by atoms with Gasteiger partial charge in [-0.25, -0.2) is 0 Å². The molecule has 9 heteroatoms. The van der Waals surface area contributed by atoms with E-state index in [-0.39, 0.29) is 5.91 Å². The minimum Gasteiger partial charge on any atom is -0.480 e. The fourth-order valence-corrected chi connectivity index (χ4v) is 6.07. The van der Waals surface area contributed by atoms with Gasteiger partial charge < -0.3 is 15.7 Å². The van der Waals surface area contributed by atoms with Crippen molar-refractivity contribution in [3.8, 4) is 11.1 Å². The summed E-state index contributed by atoms with van der Waals surface area (Å²) in [6, 6.07) is 26.1. The lowest BCUT2D eigenvalue weighted by atomic mass is 9.74. The maximum Gasteiger partial charge on any atom is 0.400 e. The van der Waals surface area contributed by atoms with E-state index in [2.05, 4.69) is 17.6 Å². The zero-order valence-corrected chi connectivity index (χ0v) is 23.8. The second-order valence-corrected chi connectivity index (χ2v) is 11.0. The van der Waals surface area contributed by atoms with Crippen molar-refractivity contribution in [2.75, 3.05) is 32.7 Å². The molecule has 0 saturated carbocycles. The Morgan fingerprint density at radius 3 is 1.98 bits per heavy atom. The highest BCUT2D eigenvalue weighted by Gasteiger charge is 2.48. The third kappa shape index (κ3) is 7.02. The van der Waals surface area contributed by atoms with Crippen LogP contribution in [-0.4, -0.2) is 71.7 Å². The van der Waals surface area contributed by atoms with E-state index >= 15 is 0 Å². The summed E-state index contributed by atoms with van der Waals surface area (Å²) in [4.78, 5) is 30.0. The summed E-state index contributed by atoms with van der Waals surface area (Å²) in [7, 11) is 0. The van der Waals surface area contributed by atoms with Crippen molar-refractivity contribution in [3.05, 3.63) is 95.6 Å². The number of halogens is 3. The number of nitrogens with zero attached hydrogens (tertiary/aromatic N) is 2. The van der Waals surface area contributed by atoms with Crippen molar-refractivity contribution < 1.29 is 27.9 Å². The van der Waals surface area contributed by atoms with Gasteiger partial charge in [-0.05, 0) is 54.1 Å². The number of carbonyl (C=O) groups is 2. The van der Waals surface area contributed by atoms with Crippen LogP contribution in [0.4, 0.5) is 13.2 Å². The van der Waals surface area contributed by atoms with Gasteiger partial charge in [-0.1, -0.05) is 85.3 Å². The van der Waals surface area contributed by atoms with E-state index in [1.165, 1.54) is 0 Å². The number of aliphatic carboxylic acids is 1. The summed E-state index contributed by atoms with van der Waals surface area (Å²) in [5, 5.41) is 10.5. The maximum absolute atomic E-state index is 12.8. The second-order valence-electron chi connectivity index (χ2n) is 11.0. The summed E-state index contributed by atoms with van der Waals surface area (Å²) < 4.78 is 32.0. The number of unbranched alkanes of at least 4 members (excludes halogenated alkanes) is 1. The third-order valence-corrected chi connectivity index (χ3v) is 8.22. The molecule has 1 fully saturated rings. The zero-order chi connectivity index (χ0) is 30.3. The van der Waals surface area contributed by atoms with E-state index < -0.39 is 24.1 Å². The van der Waals surface area contributed by atoms with E-state index in [0.717, 1.165) is 66.8 Å². The van der Waals surface area contributed by atoms with Crippen LogP contribution in [0.2, 0.25) is 0 Å². The number of alkyl halides is 3. The van der Waals surface area contributed by atoms with Crippen molar-refractivity contribution in [2.24, 2.45) is 5.73 Å². The number of piperazine rings is 1. The normalized spacial score (nSPS) is 17.5. The quantitative estimate of drug-likeness (QED) is 0.344. The Morgan fingerprint density at radius 2 is 1.45 bits per heavy atom. The van der Waals surface area contributed by atoms with Crippen LogP contribution in [0.15, 0.2) is 78.9 Å². The highest BCUT2D eigenvalue weighted by Crippen LogP contribution is 2.51. The van der Waals surface area contributed by atoms with Gasteiger partial charge in [0.05, 0.1) is 13.0 Å². The first-order chi connectivity index (χ1) is 20.1. The van der Waals surface area contributed by atoms with Gasteiger partial charge in [0.25, 0.3) is 0 Å². The van der Waals surface area contributed by atoms with E-state index in [4.69, 9.17) is 0 Å². The molecule has 5 rings (SSSR count). The van der Waals surface area contributed by atoms with Gasteiger partial charge in [-0.15, -0.1) is 0 Å². The average Bonchev–Trinajstić information content (AvgIpc) is 3.27.